The average Bonchev–Trinajstić information content (AvgIpc) is 2.54. The van der Waals surface area contributed by atoms with Crippen LogP contribution < -0.4 is 15.4 Å². The number of benzene rings is 2. The fourth-order valence-corrected chi connectivity index (χ4v) is 2.10. The molecule has 0 aliphatic heterocycles. The van der Waals surface area contributed by atoms with Gasteiger partial charge in [-0.05, 0) is 35.4 Å². The van der Waals surface area contributed by atoms with E-state index in [1.165, 1.54) is 6.92 Å². The summed E-state index contributed by atoms with van der Waals surface area (Å²) in [5.74, 6) is 0.625. The van der Waals surface area contributed by atoms with Gasteiger partial charge in [-0.3, -0.25) is 9.59 Å². The van der Waals surface area contributed by atoms with Crippen molar-refractivity contribution >= 4 is 17.5 Å². The molecule has 0 atom stereocenters. The Labute approximate surface area is 135 Å². The molecule has 0 aromatic heterocycles. The van der Waals surface area contributed by atoms with Crippen molar-refractivity contribution in [3.05, 3.63) is 59.7 Å². The average molecular weight is 312 g/mol. The number of amides is 2. The molecule has 2 aromatic rings. The van der Waals surface area contributed by atoms with E-state index in [-0.39, 0.29) is 11.8 Å². The molecule has 0 radical (unpaired) electrons. The smallest absolute Gasteiger partial charge is 0.224 e. The Morgan fingerprint density at radius 2 is 1.57 bits per heavy atom. The molecule has 2 rings (SSSR count). The van der Waals surface area contributed by atoms with E-state index < -0.39 is 0 Å². The molecule has 5 nitrogen and oxygen atoms in total. The molecule has 2 aromatic carbocycles. The van der Waals surface area contributed by atoms with Crippen LogP contribution in [0.3, 0.4) is 0 Å². The van der Waals surface area contributed by atoms with Crippen LogP contribution in [0.4, 0.5) is 5.69 Å². The van der Waals surface area contributed by atoms with E-state index in [4.69, 9.17) is 4.74 Å². The largest absolute Gasteiger partial charge is 0.497 e. The second-order valence-corrected chi connectivity index (χ2v) is 5.18. The van der Waals surface area contributed by atoms with Crippen LogP contribution in [0.5, 0.6) is 5.75 Å². The van der Waals surface area contributed by atoms with Gasteiger partial charge in [-0.2, -0.15) is 0 Å². The van der Waals surface area contributed by atoms with E-state index >= 15 is 0 Å². The molecule has 0 aliphatic carbocycles. The number of carbonyl (C=O) groups is 2. The number of nitrogens with one attached hydrogen (secondary N) is 2. The minimum atomic E-state index is -0.106. The molecule has 5 heteroatoms. The number of ether oxygens (including phenoxy) is 1. The standard InChI is InChI=1S/C18H20N2O3/c1-13(21)20-16-7-3-15(4-8-16)12-19-18(22)11-14-5-9-17(23-2)10-6-14/h3-10H,11-12H2,1-2H3,(H,19,22)(H,20,21). The van der Waals surface area contributed by atoms with Crippen LogP contribution >= 0.6 is 0 Å². The summed E-state index contributed by atoms with van der Waals surface area (Å²) in [4.78, 5) is 22.9. The highest BCUT2D eigenvalue weighted by Crippen LogP contribution is 2.12. The molecule has 0 saturated heterocycles. The van der Waals surface area contributed by atoms with Gasteiger partial charge < -0.3 is 15.4 Å². The zero-order valence-corrected chi connectivity index (χ0v) is 13.3. The Hall–Kier alpha value is -2.82. The first-order chi connectivity index (χ1) is 11.1. The van der Waals surface area contributed by atoms with Crippen LogP contribution in [0, 0.1) is 0 Å². The summed E-state index contributed by atoms with van der Waals surface area (Å²) in [7, 11) is 1.61. The van der Waals surface area contributed by atoms with E-state index in [1.54, 1.807) is 7.11 Å². The van der Waals surface area contributed by atoms with Gasteiger partial charge in [0.05, 0.1) is 13.5 Å². The first-order valence-electron chi connectivity index (χ1n) is 7.33. The Balaban J connectivity index is 1.82. The molecule has 2 amide bonds. The highest BCUT2D eigenvalue weighted by molar-refractivity contribution is 5.88. The molecule has 0 fully saturated rings. The molecule has 0 saturated carbocycles. The number of anilines is 1. The van der Waals surface area contributed by atoms with Crippen LogP contribution in [0.25, 0.3) is 0 Å². The molecular weight excluding hydrogens is 292 g/mol. The molecule has 0 heterocycles. The van der Waals surface area contributed by atoms with Gasteiger partial charge in [0.15, 0.2) is 0 Å². The molecule has 0 spiro atoms. The first kappa shape index (κ1) is 16.5. The molecular formula is C18H20N2O3. The van der Waals surface area contributed by atoms with Gasteiger partial charge in [0, 0.05) is 19.2 Å². The predicted molar refractivity (Wildman–Crippen MR) is 89.3 cm³/mol. The Morgan fingerprint density at radius 3 is 2.13 bits per heavy atom. The topological polar surface area (TPSA) is 67.4 Å². The predicted octanol–water partition coefficient (Wildman–Crippen LogP) is 2.51. The molecule has 0 bridgehead atoms. The summed E-state index contributed by atoms with van der Waals surface area (Å²) in [5.41, 5.74) is 2.65. The van der Waals surface area contributed by atoms with Gasteiger partial charge in [-0.1, -0.05) is 24.3 Å². The normalized spacial score (nSPS) is 10.0. The number of hydrogen-bond acceptors (Lipinski definition) is 3. The third-order valence-corrected chi connectivity index (χ3v) is 3.29. The van der Waals surface area contributed by atoms with Crippen LogP contribution in [0.2, 0.25) is 0 Å². The molecule has 0 aliphatic rings. The van der Waals surface area contributed by atoms with Gasteiger partial charge >= 0.3 is 0 Å². The second-order valence-electron chi connectivity index (χ2n) is 5.18. The van der Waals surface area contributed by atoms with Gasteiger partial charge in [0.1, 0.15) is 5.75 Å². The third kappa shape index (κ3) is 5.47. The Morgan fingerprint density at radius 1 is 0.957 bits per heavy atom. The lowest BCUT2D eigenvalue weighted by atomic mass is 10.1. The highest BCUT2D eigenvalue weighted by Gasteiger charge is 2.04. The van der Waals surface area contributed by atoms with Gasteiger partial charge in [-0.25, -0.2) is 0 Å². The lowest BCUT2D eigenvalue weighted by Gasteiger charge is -2.07. The fourth-order valence-electron chi connectivity index (χ4n) is 2.10. The maximum absolute atomic E-state index is 12.0. The number of rotatable bonds is 6. The van der Waals surface area contributed by atoms with Crippen molar-refractivity contribution in [1.82, 2.24) is 5.32 Å². The van der Waals surface area contributed by atoms with E-state index in [0.717, 1.165) is 22.6 Å². The minimum absolute atomic E-state index is 0.0406. The van der Waals surface area contributed by atoms with Gasteiger partial charge in [0.2, 0.25) is 11.8 Å². The summed E-state index contributed by atoms with van der Waals surface area (Å²) in [6.45, 7) is 1.92. The zero-order valence-electron chi connectivity index (χ0n) is 13.3. The van der Waals surface area contributed by atoms with E-state index in [1.807, 2.05) is 48.5 Å². The summed E-state index contributed by atoms with van der Waals surface area (Å²) in [6, 6.07) is 14.8. The lowest BCUT2D eigenvalue weighted by Crippen LogP contribution is -2.24. The van der Waals surface area contributed by atoms with Crippen molar-refractivity contribution in [2.75, 3.05) is 12.4 Å². The summed E-state index contributed by atoms with van der Waals surface area (Å²) < 4.78 is 5.09. The van der Waals surface area contributed by atoms with Crippen molar-refractivity contribution in [3.8, 4) is 5.75 Å². The molecule has 2 N–H and O–H groups in total. The van der Waals surface area contributed by atoms with Crippen LogP contribution in [-0.2, 0) is 22.6 Å². The number of carbonyl (C=O) groups excluding carboxylic acids is 2. The third-order valence-electron chi connectivity index (χ3n) is 3.29. The second kappa shape index (κ2) is 7.98. The Bertz CT molecular complexity index is 664. The first-order valence-corrected chi connectivity index (χ1v) is 7.33. The fraction of sp³-hybridized carbons (Fsp3) is 0.222. The number of methoxy groups -OCH3 is 1. The van der Waals surface area contributed by atoms with Gasteiger partial charge in [-0.15, -0.1) is 0 Å². The van der Waals surface area contributed by atoms with E-state index in [2.05, 4.69) is 10.6 Å². The van der Waals surface area contributed by atoms with Crippen LogP contribution in [0.1, 0.15) is 18.1 Å². The van der Waals surface area contributed by atoms with Crippen molar-refractivity contribution in [2.45, 2.75) is 19.9 Å². The minimum Gasteiger partial charge on any atom is -0.497 e. The van der Waals surface area contributed by atoms with Gasteiger partial charge in [0.25, 0.3) is 0 Å². The maximum Gasteiger partial charge on any atom is 0.224 e. The summed E-state index contributed by atoms with van der Waals surface area (Å²) >= 11 is 0. The zero-order chi connectivity index (χ0) is 16.7. The van der Waals surface area contributed by atoms with Crippen LogP contribution in [-0.4, -0.2) is 18.9 Å². The SMILES string of the molecule is COc1ccc(CC(=O)NCc2ccc(NC(C)=O)cc2)cc1. The molecule has 0 unspecified atom stereocenters. The van der Waals surface area contributed by atoms with Crippen molar-refractivity contribution < 1.29 is 14.3 Å². The van der Waals surface area contributed by atoms with E-state index in [9.17, 15) is 9.59 Å². The highest BCUT2D eigenvalue weighted by atomic mass is 16.5. The Kier molecular flexibility index (Phi) is 5.74. The summed E-state index contributed by atoms with van der Waals surface area (Å²) in [6.07, 6.45) is 0.327. The maximum atomic E-state index is 12.0. The van der Waals surface area contributed by atoms with Crippen molar-refractivity contribution in [3.63, 3.8) is 0 Å². The number of hydrogen-bond donors (Lipinski definition) is 2. The molecule has 23 heavy (non-hydrogen) atoms. The lowest BCUT2D eigenvalue weighted by molar-refractivity contribution is -0.120. The van der Waals surface area contributed by atoms with E-state index in [0.29, 0.717) is 13.0 Å². The molecule has 120 valence electrons. The van der Waals surface area contributed by atoms with Crippen molar-refractivity contribution in [1.29, 1.82) is 0 Å². The quantitative estimate of drug-likeness (QED) is 0.861. The van der Waals surface area contributed by atoms with Crippen molar-refractivity contribution in [2.24, 2.45) is 0 Å². The van der Waals surface area contributed by atoms with Crippen LogP contribution in [0.15, 0.2) is 48.5 Å². The summed E-state index contributed by atoms with van der Waals surface area (Å²) in [5, 5.41) is 5.58. The monoisotopic (exact) mass is 312 g/mol.